The molecule has 1 heterocycles. The molecule has 0 spiro atoms. The van der Waals surface area contributed by atoms with Gasteiger partial charge in [0.15, 0.2) is 0 Å². The van der Waals surface area contributed by atoms with Gasteiger partial charge in [-0.25, -0.2) is 4.79 Å². The molecule has 0 radical (unpaired) electrons. The summed E-state index contributed by atoms with van der Waals surface area (Å²) in [5.74, 6) is -0.170. The molecule has 0 saturated carbocycles. The number of aryl methyl sites for hydroxylation is 1. The molecule has 0 saturated heterocycles. The van der Waals surface area contributed by atoms with E-state index in [9.17, 15) is 4.79 Å². The highest BCUT2D eigenvalue weighted by atomic mass is 79.9. The first kappa shape index (κ1) is 13.7. The molecule has 4 nitrogen and oxygen atoms in total. The molecule has 0 fully saturated rings. The molecule has 0 unspecified atom stereocenters. The van der Waals surface area contributed by atoms with Crippen LogP contribution >= 0.6 is 15.9 Å². The van der Waals surface area contributed by atoms with Gasteiger partial charge in [0.05, 0.1) is 17.1 Å². The molecule has 1 aromatic carbocycles. The quantitative estimate of drug-likeness (QED) is 0.939. The average Bonchev–Trinajstić information content (AvgIpc) is 2.65. The number of ether oxygens (including phenoxy) is 1. The number of carbonyl (C=O) groups is 1. The van der Waals surface area contributed by atoms with Gasteiger partial charge in [0.2, 0.25) is 0 Å². The standard InChI is InChI=1S/C14H14BrNO3/c1-8-6-11(14(17)18)9(2)16(8)10-4-5-13(19-3)12(15)7-10/h4-7H,1-3H3,(H,17,18). The Hall–Kier alpha value is -1.75. The summed E-state index contributed by atoms with van der Waals surface area (Å²) in [5.41, 5.74) is 2.81. The summed E-state index contributed by atoms with van der Waals surface area (Å²) >= 11 is 3.43. The van der Waals surface area contributed by atoms with E-state index in [1.165, 1.54) is 0 Å². The molecular weight excluding hydrogens is 310 g/mol. The number of carboxylic acid groups (broad SMARTS) is 1. The minimum Gasteiger partial charge on any atom is -0.496 e. The number of hydrogen-bond donors (Lipinski definition) is 1. The van der Waals surface area contributed by atoms with Gasteiger partial charge in [-0.15, -0.1) is 0 Å². The second-order valence-electron chi connectivity index (χ2n) is 4.24. The number of nitrogens with zero attached hydrogens (tertiary/aromatic N) is 1. The van der Waals surface area contributed by atoms with E-state index >= 15 is 0 Å². The van der Waals surface area contributed by atoms with Gasteiger partial charge in [0.1, 0.15) is 5.75 Å². The fourth-order valence-electron chi connectivity index (χ4n) is 2.17. The molecule has 1 N–H and O–H groups in total. The van der Waals surface area contributed by atoms with Crippen molar-refractivity contribution in [2.24, 2.45) is 0 Å². The van der Waals surface area contributed by atoms with Crippen LogP contribution in [0.3, 0.4) is 0 Å². The summed E-state index contributed by atoms with van der Waals surface area (Å²) < 4.78 is 7.93. The maximum Gasteiger partial charge on any atom is 0.337 e. The summed E-state index contributed by atoms with van der Waals surface area (Å²) in [6.07, 6.45) is 0. The molecule has 0 amide bonds. The Balaban J connectivity index is 2.59. The van der Waals surface area contributed by atoms with Crippen LogP contribution in [0.5, 0.6) is 5.75 Å². The van der Waals surface area contributed by atoms with Crippen LogP contribution in [-0.4, -0.2) is 22.8 Å². The molecule has 0 aliphatic rings. The number of carboxylic acids is 1. The van der Waals surface area contributed by atoms with Crippen LogP contribution in [0.1, 0.15) is 21.7 Å². The lowest BCUT2D eigenvalue weighted by molar-refractivity contribution is 0.0696. The van der Waals surface area contributed by atoms with E-state index < -0.39 is 5.97 Å². The molecule has 0 bridgehead atoms. The Labute approximate surface area is 119 Å². The van der Waals surface area contributed by atoms with Crippen molar-refractivity contribution in [3.8, 4) is 11.4 Å². The molecule has 2 rings (SSSR count). The van der Waals surface area contributed by atoms with Crippen molar-refractivity contribution in [1.82, 2.24) is 4.57 Å². The topological polar surface area (TPSA) is 51.5 Å². The lowest BCUT2D eigenvalue weighted by atomic mass is 10.2. The number of aromatic nitrogens is 1. The highest BCUT2D eigenvalue weighted by Crippen LogP contribution is 2.29. The van der Waals surface area contributed by atoms with E-state index in [1.54, 1.807) is 20.1 Å². The van der Waals surface area contributed by atoms with Crippen molar-refractivity contribution in [2.75, 3.05) is 7.11 Å². The van der Waals surface area contributed by atoms with Gasteiger partial charge in [0, 0.05) is 17.1 Å². The Morgan fingerprint density at radius 1 is 1.32 bits per heavy atom. The molecule has 5 heteroatoms. The maximum absolute atomic E-state index is 11.1. The van der Waals surface area contributed by atoms with E-state index in [0.29, 0.717) is 11.3 Å². The third kappa shape index (κ3) is 2.38. The predicted octanol–water partition coefficient (Wildman–Crippen LogP) is 3.56. The summed E-state index contributed by atoms with van der Waals surface area (Å²) in [6.45, 7) is 3.69. The first-order chi connectivity index (χ1) is 8.95. The second kappa shape index (κ2) is 5.09. The normalized spacial score (nSPS) is 10.5. The van der Waals surface area contributed by atoms with Crippen LogP contribution < -0.4 is 4.74 Å². The predicted molar refractivity (Wildman–Crippen MR) is 76.5 cm³/mol. The third-order valence-corrected chi connectivity index (χ3v) is 3.67. The average molecular weight is 324 g/mol. The van der Waals surface area contributed by atoms with Gasteiger partial charge >= 0.3 is 5.97 Å². The van der Waals surface area contributed by atoms with Gasteiger partial charge in [-0.2, -0.15) is 0 Å². The van der Waals surface area contributed by atoms with E-state index in [2.05, 4.69) is 15.9 Å². The zero-order valence-electron chi connectivity index (χ0n) is 10.9. The van der Waals surface area contributed by atoms with Crippen LogP contribution in [0, 0.1) is 13.8 Å². The molecule has 1 aromatic heterocycles. The van der Waals surface area contributed by atoms with Gasteiger partial charge in [-0.05, 0) is 54.0 Å². The molecule has 100 valence electrons. The fourth-order valence-corrected chi connectivity index (χ4v) is 2.70. The Bertz CT molecular complexity index is 646. The largest absolute Gasteiger partial charge is 0.496 e. The highest BCUT2D eigenvalue weighted by Gasteiger charge is 2.16. The van der Waals surface area contributed by atoms with Crippen LogP contribution in [0.15, 0.2) is 28.7 Å². The fraction of sp³-hybridized carbons (Fsp3) is 0.214. The first-order valence-electron chi connectivity index (χ1n) is 5.72. The SMILES string of the molecule is COc1ccc(-n2c(C)cc(C(=O)O)c2C)cc1Br. The zero-order chi connectivity index (χ0) is 14.2. The summed E-state index contributed by atoms with van der Waals surface area (Å²) in [5, 5.41) is 9.14. The summed E-state index contributed by atoms with van der Waals surface area (Å²) in [6, 6.07) is 7.33. The van der Waals surface area contributed by atoms with Crippen molar-refractivity contribution in [3.63, 3.8) is 0 Å². The molecular formula is C14H14BrNO3. The molecule has 0 atom stereocenters. The minimum absolute atomic E-state index is 0.324. The number of rotatable bonds is 3. The van der Waals surface area contributed by atoms with Gasteiger partial charge < -0.3 is 14.4 Å². The molecule has 0 aliphatic carbocycles. The highest BCUT2D eigenvalue weighted by molar-refractivity contribution is 9.10. The number of aromatic carboxylic acids is 1. The number of benzene rings is 1. The first-order valence-corrected chi connectivity index (χ1v) is 6.51. The van der Waals surface area contributed by atoms with E-state index in [4.69, 9.17) is 9.84 Å². The Morgan fingerprint density at radius 3 is 2.47 bits per heavy atom. The summed E-state index contributed by atoms with van der Waals surface area (Å²) in [4.78, 5) is 11.1. The van der Waals surface area contributed by atoms with Crippen molar-refractivity contribution >= 4 is 21.9 Å². The molecule has 19 heavy (non-hydrogen) atoms. The van der Waals surface area contributed by atoms with E-state index in [-0.39, 0.29) is 0 Å². The van der Waals surface area contributed by atoms with Crippen LogP contribution in [0.25, 0.3) is 5.69 Å². The van der Waals surface area contributed by atoms with Crippen LogP contribution in [0.2, 0.25) is 0 Å². The van der Waals surface area contributed by atoms with Crippen molar-refractivity contribution in [1.29, 1.82) is 0 Å². The van der Waals surface area contributed by atoms with Crippen molar-refractivity contribution < 1.29 is 14.6 Å². The van der Waals surface area contributed by atoms with E-state index in [0.717, 1.165) is 21.6 Å². The summed E-state index contributed by atoms with van der Waals surface area (Å²) in [7, 11) is 1.61. The Morgan fingerprint density at radius 2 is 2.00 bits per heavy atom. The second-order valence-corrected chi connectivity index (χ2v) is 5.10. The van der Waals surface area contributed by atoms with Crippen molar-refractivity contribution in [3.05, 3.63) is 45.7 Å². The number of methoxy groups -OCH3 is 1. The lowest BCUT2D eigenvalue weighted by Gasteiger charge is -2.11. The number of hydrogen-bond acceptors (Lipinski definition) is 2. The lowest BCUT2D eigenvalue weighted by Crippen LogP contribution is -2.02. The molecule has 2 aromatic rings. The van der Waals surface area contributed by atoms with Gasteiger partial charge in [-0.3, -0.25) is 0 Å². The maximum atomic E-state index is 11.1. The third-order valence-electron chi connectivity index (χ3n) is 3.06. The van der Waals surface area contributed by atoms with Gasteiger partial charge in [0.25, 0.3) is 0 Å². The van der Waals surface area contributed by atoms with Crippen molar-refractivity contribution in [2.45, 2.75) is 13.8 Å². The minimum atomic E-state index is -0.910. The zero-order valence-corrected chi connectivity index (χ0v) is 12.5. The smallest absolute Gasteiger partial charge is 0.337 e. The molecule has 0 aliphatic heterocycles. The Kier molecular flexibility index (Phi) is 3.66. The van der Waals surface area contributed by atoms with E-state index in [1.807, 2.05) is 29.7 Å². The van der Waals surface area contributed by atoms with Crippen LogP contribution in [0.4, 0.5) is 0 Å². The monoisotopic (exact) mass is 323 g/mol. The van der Waals surface area contributed by atoms with Crippen LogP contribution in [-0.2, 0) is 0 Å². The number of halogens is 1. The van der Waals surface area contributed by atoms with Gasteiger partial charge in [-0.1, -0.05) is 0 Å².